The Morgan fingerprint density at radius 3 is 2.30 bits per heavy atom. The van der Waals surface area contributed by atoms with Crippen LogP contribution in [0.25, 0.3) is 0 Å². The smallest absolute Gasteiger partial charge is 0.341 e. The summed E-state index contributed by atoms with van der Waals surface area (Å²) in [4.78, 5) is -0.421. The number of hydrogen-bond donors (Lipinski definition) is 1. The Morgan fingerprint density at radius 1 is 1.17 bits per heavy atom. The van der Waals surface area contributed by atoms with Crippen LogP contribution in [0.3, 0.4) is 0 Å². The highest BCUT2D eigenvalue weighted by molar-refractivity contribution is 7.91. The predicted octanol–water partition coefficient (Wildman–Crippen LogP) is 3.38. The quantitative estimate of drug-likeness (QED) is 0.833. The molecule has 0 spiro atoms. The minimum absolute atomic E-state index is 0.286. The molecule has 0 saturated carbocycles. The highest BCUT2D eigenvalue weighted by Gasteiger charge is 2.26. The monoisotopic (exact) mass is 345 g/mol. The summed E-state index contributed by atoms with van der Waals surface area (Å²) in [6, 6.07) is 8.47. The number of sulfone groups is 1. The van der Waals surface area contributed by atoms with Crippen LogP contribution in [0, 0.1) is 6.92 Å². The predicted molar refractivity (Wildman–Crippen MR) is 81.3 cm³/mol. The van der Waals surface area contributed by atoms with E-state index in [1.54, 1.807) is 7.11 Å². The van der Waals surface area contributed by atoms with E-state index in [0.29, 0.717) is 18.1 Å². The second-order valence-corrected chi connectivity index (χ2v) is 6.85. The summed E-state index contributed by atoms with van der Waals surface area (Å²) in [6.45, 7) is 2.14. The number of benzene rings is 1. The Balaban J connectivity index is 2.18. The fourth-order valence-electron chi connectivity index (χ4n) is 2.05. The second kappa shape index (κ2) is 7.10. The first kappa shape index (κ1) is 17.4. The molecule has 2 aromatic rings. The Labute approximate surface area is 133 Å². The molecule has 0 fully saturated rings. The number of anilines is 1. The molecule has 1 atom stereocenters. The van der Waals surface area contributed by atoms with Gasteiger partial charge in [0.25, 0.3) is 0 Å². The maximum atomic E-state index is 12.5. The molecule has 0 aliphatic carbocycles. The Hall–Kier alpha value is -1.93. The van der Waals surface area contributed by atoms with Gasteiger partial charge in [-0.2, -0.15) is 8.78 Å². The minimum Gasteiger partial charge on any atom is -0.464 e. The molecule has 1 unspecified atom stereocenters. The van der Waals surface area contributed by atoms with Gasteiger partial charge in [0.15, 0.2) is 0 Å². The lowest BCUT2D eigenvalue weighted by atomic mass is 10.2. The third-order valence-corrected chi connectivity index (χ3v) is 4.59. The van der Waals surface area contributed by atoms with E-state index in [4.69, 9.17) is 9.15 Å². The molecule has 0 saturated heterocycles. The molecule has 0 radical (unpaired) electrons. The first-order valence-electron chi connectivity index (χ1n) is 6.78. The van der Waals surface area contributed by atoms with E-state index in [9.17, 15) is 17.2 Å². The van der Waals surface area contributed by atoms with Crippen LogP contribution in [0.4, 0.5) is 14.5 Å². The summed E-state index contributed by atoms with van der Waals surface area (Å²) in [5.41, 5.74) is 0.564. The molecule has 8 heteroatoms. The average molecular weight is 345 g/mol. The molecule has 1 aromatic carbocycles. The van der Waals surface area contributed by atoms with Crippen molar-refractivity contribution in [3.05, 3.63) is 47.9 Å². The summed E-state index contributed by atoms with van der Waals surface area (Å²) in [7, 11) is -3.04. The fraction of sp³-hybridized carbons (Fsp3) is 0.333. The first-order valence-corrected chi connectivity index (χ1v) is 8.33. The number of methoxy groups -OCH3 is 1. The van der Waals surface area contributed by atoms with Gasteiger partial charge in [-0.05, 0) is 43.3 Å². The van der Waals surface area contributed by atoms with Gasteiger partial charge < -0.3 is 14.5 Å². The van der Waals surface area contributed by atoms with Gasteiger partial charge in [0.2, 0.25) is 9.84 Å². The normalized spacial score (nSPS) is 13.3. The maximum Gasteiger partial charge on any atom is 0.341 e. The van der Waals surface area contributed by atoms with Gasteiger partial charge in [-0.3, -0.25) is 0 Å². The van der Waals surface area contributed by atoms with Crippen molar-refractivity contribution >= 4 is 15.5 Å². The van der Waals surface area contributed by atoms with Crippen molar-refractivity contribution in [3.8, 4) is 0 Å². The number of nitrogens with one attached hydrogen (secondary N) is 1. The number of hydrogen-bond acceptors (Lipinski definition) is 5. The largest absolute Gasteiger partial charge is 0.464 e. The molecule has 5 nitrogen and oxygen atoms in total. The maximum absolute atomic E-state index is 12.5. The van der Waals surface area contributed by atoms with Crippen LogP contribution in [0.2, 0.25) is 0 Å². The van der Waals surface area contributed by atoms with Crippen molar-refractivity contribution in [1.29, 1.82) is 0 Å². The zero-order valence-electron chi connectivity index (χ0n) is 12.6. The third-order valence-electron chi connectivity index (χ3n) is 3.20. The SMILES string of the molecule is COCC(Nc1ccc(S(=O)(=O)C(F)F)cc1)c1ccc(C)o1. The van der Waals surface area contributed by atoms with Gasteiger partial charge in [0.1, 0.15) is 17.6 Å². The Morgan fingerprint density at radius 2 is 1.83 bits per heavy atom. The van der Waals surface area contributed by atoms with E-state index in [0.717, 1.165) is 17.9 Å². The number of halogens is 2. The number of alkyl halides is 2. The van der Waals surface area contributed by atoms with E-state index in [-0.39, 0.29) is 6.04 Å². The summed E-state index contributed by atoms with van der Waals surface area (Å²) in [6.07, 6.45) is 0. The first-order chi connectivity index (χ1) is 10.8. The number of aryl methyl sites for hydroxylation is 1. The van der Waals surface area contributed by atoms with Crippen LogP contribution in [-0.4, -0.2) is 27.9 Å². The van der Waals surface area contributed by atoms with Gasteiger partial charge >= 0.3 is 5.76 Å². The standard InChI is InChI=1S/C15H17F2NO4S/c1-10-3-8-14(22-10)13(9-21-2)18-11-4-6-12(7-5-11)23(19,20)15(16)17/h3-8,13,15,18H,9H2,1-2H3. The van der Waals surface area contributed by atoms with Crippen LogP contribution in [0.1, 0.15) is 17.6 Å². The molecule has 126 valence electrons. The molecule has 0 aliphatic rings. The summed E-state index contributed by atoms with van der Waals surface area (Å²) >= 11 is 0. The molecular formula is C15H17F2NO4S. The summed E-state index contributed by atoms with van der Waals surface area (Å²) < 4.78 is 58.4. The van der Waals surface area contributed by atoms with E-state index in [1.807, 2.05) is 19.1 Å². The molecule has 1 aromatic heterocycles. The lowest BCUT2D eigenvalue weighted by Gasteiger charge is -2.17. The van der Waals surface area contributed by atoms with E-state index in [2.05, 4.69) is 5.32 Å². The van der Waals surface area contributed by atoms with E-state index >= 15 is 0 Å². The highest BCUT2D eigenvalue weighted by Crippen LogP contribution is 2.24. The molecular weight excluding hydrogens is 328 g/mol. The topological polar surface area (TPSA) is 68.5 Å². The van der Waals surface area contributed by atoms with Crippen LogP contribution in [0.15, 0.2) is 45.7 Å². The van der Waals surface area contributed by atoms with Gasteiger partial charge in [-0.25, -0.2) is 8.42 Å². The van der Waals surface area contributed by atoms with E-state index in [1.165, 1.54) is 12.1 Å². The molecule has 1 N–H and O–H groups in total. The van der Waals surface area contributed by atoms with Gasteiger partial charge in [0, 0.05) is 12.8 Å². The summed E-state index contributed by atoms with van der Waals surface area (Å²) in [5.74, 6) is -2.02. The van der Waals surface area contributed by atoms with Gasteiger partial charge in [-0.1, -0.05) is 0 Å². The van der Waals surface area contributed by atoms with E-state index < -0.39 is 20.5 Å². The van der Waals surface area contributed by atoms with Gasteiger partial charge in [0.05, 0.1) is 11.5 Å². The van der Waals surface area contributed by atoms with Crippen molar-refractivity contribution in [2.45, 2.75) is 23.6 Å². The zero-order chi connectivity index (χ0) is 17.0. The molecule has 1 heterocycles. The van der Waals surface area contributed by atoms with Crippen molar-refractivity contribution < 1.29 is 26.4 Å². The van der Waals surface area contributed by atoms with Crippen LogP contribution in [-0.2, 0) is 14.6 Å². The van der Waals surface area contributed by atoms with Crippen molar-refractivity contribution in [1.82, 2.24) is 0 Å². The lowest BCUT2D eigenvalue weighted by Crippen LogP contribution is -2.16. The minimum atomic E-state index is -4.59. The lowest BCUT2D eigenvalue weighted by molar-refractivity contribution is 0.178. The Kier molecular flexibility index (Phi) is 5.38. The van der Waals surface area contributed by atoms with Crippen molar-refractivity contribution in [2.75, 3.05) is 19.0 Å². The fourth-order valence-corrected chi connectivity index (χ4v) is 2.77. The number of furan rings is 1. The highest BCUT2D eigenvalue weighted by atomic mass is 32.2. The van der Waals surface area contributed by atoms with Crippen molar-refractivity contribution in [2.24, 2.45) is 0 Å². The van der Waals surface area contributed by atoms with Crippen LogP contribution < -0.4 is 5.32 Å². The zero-order valence-corrected chi connectivity index (χ0v) is 13.4. The Bertz CT molecular complexity index is 741. The van der Waals surface area contributed by atoms with Crippen LogP contribution >= 0.6 is 0 Å². The molecule has 23 heavy (non-hydrogen) atoms. The third kappa shape index (κ3) is 4.08. The molecule has 0 bridgehead atoms. The summed E-state index contributed by atoms with van der Waals surface area (Å²) in [5, 5.41) is 3.12. The molecule has 0 aliphatic heterocycles. The molecule has 0 amide bonds. The van der Waals surface area contributed by atoms with Crippen molar-refractivity contribution in [3.63, 3.8) is 0 Å². The number of ether oxygens (including phenoxy) is 1. The van der Waals surface area contributed by atoms with Gasteiger partial charge in [-0.15, -0.1) is 0 Å². The van der Waals surface area contributed by atoms with Crippen LogP contribution in [0.5, 0.6) is 0 Å². The second-order valence-electron chi connectivity index (χ2n) is 4.93. The molecule has 2 rings (SSSR count). The number of rotatable bonds is 7. The average Bonchev–Trinajstić information content (AvgIpc) is 2.94.